The van der Waals surface area contributed by atoms with Crippen LogP contribution in [0.5, 0.6) is 0 Å². The fourth-order valence-corrected chi connectivity index (χ4v) is 2.37. The lowest BCUT2D eigenvalue weighted by atomic mass is 10.2. The van der Waals surface area contributed by atoms with Crippen molar-refractivity contribution in [2.75, 3.05) is 10.6 Å². The lowest BCUT2D eigenvalue weighted by Crippen LogP contribution is -2.13. The molecule has 2 N–H and O–H groups in total. The Kier molecular flexibility index (Phi) is 4.77. The van der Waals surface area contributed by atoms with Crippen LogP contribution in [-0.4, -0.2) is 5.91 Å². The van der Waals surface area contributed by atoms with Crippen LogP contribution in [0, 0.1) is 5.82 Å². The van der Waals surface area contributed by atoms with Crippen LogP contribution in [0.3, 0.4) is 0 Å². The largest absolute Gasteiger partial charge is 0.356 e. The Bertz CT molecular complexity index is 851. The molecule has 5 heteroatoms. The van der Waals surface area contributed by atoms with Crippen molar-refractivity contribution >= 4 is 34.6 Å². The number of nitrogens with one attached hydrogen (secondary N) is 2. The summed E-state index contributed by atoms with van der Waals surface area (Å²) in [6.07, 6.45) is 0. The zero-order valence-corrected chi connectivity index (χ0v) is 13.3. The fraction of sp³-hybridized carbons (Fsp3) is 0. The molecule has 1 amide bonds. The van der Waals surface area contributed by atoms with E-state index in [1.54, 1.807) is 12.1 Å². The van der Waals surface area contributed by atoms with Crippen molar-refractivity contribution in [2.24, 2.45) is 0 Å². The number of carbonyl (C=O) groups excluding carboxylic acids is 1. The van der Waals surface area contributed by atoms with E-state index < -0.39 is 11.7 Å². The minimum absolute atomic E-state index is 0.0889. The van der Waals surface area contributed by atoms with Crippen molar-refractivity contribution in [3.05, 3.63) is 89.2 Å². The second kappa shape index (κ2) is 7.15. The third kappa shape index (κ3) is 3.91. The van der Waals surface area contributed by atoms with Crippen molar-refractivity contribution in [2.45, 2.75) is 0 Å². The monoisotopic (exact) mass is 340 g/mol. The van der Waals surface area contributed by atoms with Crippen LogP contribution in [-0.2, 0) is 0 Å². The predicted molar refractivity (Wildman–Crippen MR) is 95.5 cm³/mol. The van der Waals surface area contributed by atoms with Crippen molar-refractivity contribution < 1.29 is 9.18 Å². The first-order chi connectivity index (χ1) is 11.6. The average Bonchev–Trinajstić information content (AvgIpc) is 2.59. The van der Waals surface area contributed by atoms with Crippen LogP contribution in [0.25, 0.3) is 0 Å². The summed E-state index contributed by atoms with van der Waals surface area (Å²) in [5.41, 5.74) is 2.33. The topological polar surface area (TPSA) is 41.1 Å². The summed E-state index contributed by atoms with van der Waals surface area (Å²) >= 11 is 5.81. The lowest BCUT2D eigenvalue weighted by Gasteiger charge is -2.09. The smallest absolute Gasteiger partial charge is 0.258 e. The Balaban J connectivity index is 1.70. The molecule has 0 heterocycles. The molecule has 0 saturated heterocycles. The summed E-state index contributed by atoms with van der Waals surface area (Å²) in [7, 11) is 0. The molecule has 0 fully saturated rings. The van der Waals surface area contributed by atoms with Gasteiger partial charge < -0.3 is 10.6 Å². The molecule has 0 aliphatic carbocycles. The van der Waals surface area contributed by atoms with Crippen LogP contribution >= 0.6 is 11.6 Å². The molecule has 0 spiro atoms. The van der Waals surface area contributed by atoms with Gasteiger partial charge in [0.25, 0.3) is 5.91 Å². The number of para-hydroxylation sites is 1. The summed E-state index contributed by atoms with van der Waals surface area (Å²) in [6.45, 7) is 0. The number of benzene rings is 3. The summed E-state index contributed by atoms with van der Waals surface area (Å²) in [4.78, 5) is 12.1. The van der Waals surface area contributed by atoms with Gasteiger partial charge in [0, 0.05) is 22.1 Å². The molecule has 0 atom stereocenters. The molecule has 0 radical (unpaired) electrons. The molecule has 3 nitrogen and oxygen atoms in total. The molecule has 24 heavy (non-hydrogen) atoms. The molecule has 0 aliphatic rings. The maximum atomic E-state index is 13.7. The molecular weight excluding hydrogens is 327 g/mol. The molecule has 120 valence electrons. The molecule has 0 saturated carbocycles. The third-order valence-corrected chi connectivity index (χ3v) is 3.61. The standard InChI is InChI=1S/C19H14ClFN2O/c20-13-6-11-18(21)17(12-13)19(24)23-16-9-7-15(8-10-16)22-14-4-2-1-3-5-14/h1-12,22H,(H,23,24). The molecule has 3 rings (SSSR count). The summed E-state index contributed by atoms with van der Waals surface area (Å²) in [5, 5.41) is 6.20. The highest BCUT2D eigenvalue weighted by molar-refractivity contribution is 6.31. The summed E-state index contributed by atoms with van der Waals surface area (Å²) in [6, 6.07) is 20.8. The van der Waals surface area contributed by atoms with Crippen molar-refractivity contribution in [1.29, 1.82) is 0 Å². The van der Waals surface area contributed by atoms with Crippen LogP contribution in [0.2, 0.25) is 5.02 Å². The molecular formula is C19H14ClFN2O. The number of carbonyl (C=O) groups is 1. The van der Waals surface area contributed by atoms with E-state index in [0.29, 0.717) is 10.7 Å². The predicted octanol–water partition coefficient (Wildman–Crippen LogP) is 5.48. The zero-order chi connectivity index (χ0) is 16.9. The van der Waals surface area contributed by atoms with Gasteiger partial charge in [0.05, 0.1) is 5.56 Å². The van der Waals surface area contributed by atoms with Crippen molar-refractivity contribution in [3.63, 3.8) is 0 Å². The number of anilines is 3. The Morgan fingerprint density at radius 3 is 2.17 bits per heavy atom. The number of hydrogen-bond donors (Lipinski definition) is 2. The normalized spacial score (nSPS) is 10.2. The molecule has 0 bridgehead atoms. The zero-order valence-electron chi connectivity index (χ0n) is 12.6. The molecule has 3 aromatic carbocycles. The first kappa shape index (κ1) is 16.0. The fourth-order valence-electron chi connectivity index (χ4n) is 2.19. The Morgan fingerprint density at radius 2 is 1.46 bits per heavy atom. The van der Waals surface area contributed by atoms with E-state index in [2.05, 4.69) is 10.6 Å². The highest BCUT2D eigenvalue weighted by Gasteiger charge is 2.12. The Hall–Kier alpha value is -2.85. The number of rotatable bonds is 4. The minimum Gasteiger partial charge on any atom is -0.356 e. The number of hydrogen-bond acceptors (Lipinski definition) is 2. The van der Waals surface area contributed by atoms with Gasteiger partial charge in [-0.05, 0) is 54.6 Å². The summed E-state index contributed by atoms with van der Waals surface area (Å²) in [5.74, 6) is -1.15. The third-order valence-electron chi connectivity index (χ3n) is 3.38. The van der Waals surface area contributed by atoms with Crippen LogP contribution < -0.4 is 10.6 Å². The first-order valence-electron chi connectivity index (χ1n) is 7.30. The molecule has 0 aliphatic heterocycles. The minimum atomic E-state index is -0.612. The van der Waals surface area contributed by atoms with Gasteiger partial charge in [-0.15, -0.1) is 0 Å². The van der Waals surface area contributed by atoms with Gasteiger partial charge in [-0.1, -0.05) is 29.8 Å². The quantitative estimate of drug-likeness (QED) is 0.660. The van der Waals surface area contributed by atoms with Gasteiger partial charge in [0.1, 0.15) is 5.82 Å². The van der Waals surface area contributed by atoms with E-state index in [-0.39, 0.29) is 5.56 Å². The first-order valence-corrected chi connectivity index (χ1v) is 7.68. The van der Waals surface area contributed by atoms with E-state index >= 15 is 0 Å². The van der Waals surface area contributed by atoms with Gasteiger partial charge in [-0.3, -0.25) is 4.79 Å². The molecule has 0 unspecified atom stereocenters. The average molecular weight is 341 g/mol. The highest BCUT2D eigenvalue weighted by Crippen LogP contribution is 2.20. The molecule has 3 aromatic rings. The van der Waals surface area contributed by atoms with Gasteiger partial charge in [-0.2, -0.15) is 0 Å². The maximum absolute atomic E-state index is 13.7. The second-order valence-corrected chi connectivity index (χ2v) is 5.58. The molecule has 0 aromatic heterocycles. The van der Waals surface area contributed by atoms with Gasteiger partial charge in [0.2, 0.25) is 0 Å². The second-order valence-electron chi connectivity index (χ2n) is 5.15. The van der Waals surface area contributed by atoms with E-state index in [1.807, 2.05) is 42.5 Å². The Labute approximate surface area is 144 Å². The van der Waals surface area contributed by atoms with Crippen molar-refractivity contribution in [1.82, 2.24) is 0 Å². The highest BCUT2D eigenvalue weighted by atomic mass is 35.5. The van der Waals surface area contributed by atoms with E-state index in [0.717, 1.165) is 11.4 Å². The van der Waals surface area contributed by atoms with E-state index in [9.17, 15) is 9.18 Å². The van der Waals surface area contributed by atoms with Crippen LogP contribution in [0.1, 0.15) is 10.4 Å². The number of halogens is 2. The van der Waals surface area contributed by atoms with Crippen LogP contribution in [0.15, 0.2) is 72.8 Å². The van der Waals surface area contributed by atoms with E-state index in [1.165, 1.54) is 18.2 Å². The van der Waals surface area contributed by atoms with Gasteiger partial charge in [0.15, 0.2) is 0 Å². The summed E-state index contributed by atoms with van der Waals surface area (Å²) < 4.78 is 13.7. The van der Waals surface area contributed by atoms with Gasteiger partial charge in [-0.25, -0.2) is 4.39 Å². The van der Waals surface area contributed by atoms with Crippen molar-refractivity contribution in [3.8, 4) is 0 Å². The van der Waals surface area contributed by atoms with Crippen LogP contribution in [0.4, 0.5) is 21.5 Å². The lowest BCUT2D eigenvalue weighted by molar-refractivity contribution is 0.102. The Morgan fingerprint density at radius 1 is 0.833 bits per heavy atom. The van der Waals surface area contributed by atoms with Gasteiger partial charge >= 0.3 is 0 Å². The SMILES string of the molecule is O=C(Nc1ccc(Nc2ccccc2)cc1)c1cc(Cl)ccc1F. The maximum Gasteiger partial charge on any atom is 0.258 e. The van der Waals surface area contributed by atoms with E-state index in [4.69, 9.17) is 11.6 Å². The number of amides is 1.